The third-order valence-electron chi connectivity index (χ3n) is 4.53. The number of ether oxygens (including phenoxy) is 2. The topological polar surface area (TPSA) is 76.1 Å². The number of aliphatic hydroxyl groups is 1. The van der Waals surface area contributed by atoms with Crippen LogP contribution in [-0.4, -0.2) is 41.8 Å². The van der Waals surface area contributed by atoms with Crippen LogP contribution in [0, 0.1) is 0 Å². The summed E-state index contributed by atoms with van der Waals surface area (Å²) in [5, 5.41) is 10.5. The molecule has 0 aromatic heterocycles. The molecule has 0 spiro atoms. The highest BCUT2D eigenvalue weighted by atomic mass is 16.6. The number of benzene rings is 2. The molecule has 1 heterocycles. The van der Waals surface area contributed by atoms with Gasteiger partial charge in [-0.05, 0) is 17.2 Å². The van der Waals surface area contributed by atoms with Crippen molar-refractivity contribution in [3.63, 3.8) is 0 Å². The molecule has 0 saturated carbocycles. The molecule has 2 aromatic rings. The number of rotatable bonds is 6. The van der Waals surface area contributed by atoms with Crippen LogP contribution >= 0.6 is 0 Å². The second kappa shape index (κ2) is 8.40. The summed E-state index contributed by atoms with van der Waals surface area (Å²) in [6.45, 7) is 0.128. The summed E-state index contributed by atoms with van der Waals surface area (Å²) < 4.78 is 9.80. The van der Waals surface area contributed by atoms with Crippen LogP contribution in [0.15, 0.2) is 72.6 Å². The van der Waals surface area contributed by atoms with Gasteiger partial charge in [0.1, 0.15) is 6.61 Å². The van der Waals surface area contributed by atoms with Gasteiger partial charge in [0.15, 0.2) is 5.88 Å². The smallest absolute Gasteiger partial charge is 0.417 e. The van der Waals surface area contributed by atoms with Crippen molar-refractivity contribution in [1.82, 2.24) is 4.90 Å². The number of nitrogens with zero attached hydrogens (tertiary/aromatic N) is 1. The van der Waals surface area contributed by atoms with Gasteiger partial charge in [0.05, 0.1) is 19.6 Å². The molecule has 6 heteroatoms. The Bertz CT molecular complexity index is 779. The zero-order valence-corrected chi connectivity index (χ0v) is 14.9. The van der Waals surface area contributed by atoms with Gasteiger partial charge >= 0.3 is 12.1 Å². The number of carbonyl (C=O) groups excluding carboxylic acids is 2. The minimum absolute atomic E-state index is 0.128. The van der Waals surface area contributed by atoms with Gasteiger partial charge in [-0.25, -0.2) is 9.69 Å². The van der Waals surface area contributed by atoms with Gasteiger partial charge in [-0.2, -0.15) is 0 Å². The van der Waals surface area contributed by atoms with Crippen LogP contribution in [0.3, 0.4) is 0 Å². The van der Waals surface area contributed by atoms with E-state index in [-0.39, 0.29) is 24.8 Å². The van der Waals surface area contributed by atoms with Crippen molar-refractivity contribution >= 4 is 12.1 Å². The summed E-state index contributed by atoms with van der Waals surface area (Å²) in [5.41, 5.74) is 2.00. The maximum absolute atomic E-state index is 12.3. The molecule has 1 saturated heterocycles. The maximum atomic E-state index is 12.3. The van der Waals surface area contributed by atoms with Gasteiger partial charge in [0, 0.05) is 5.92 Å². The molecule has 27 heavy (non-hydrogen) atoms. The molecule has 1 aliphatic rings. The lowest BCUT2D eigenvalue weighted by molar-refractivity contribution is -0.139. The second-order valence-electron chi connectivity index (χ2n) is 6.16. The van der Waals surface area contributed by atoms with Crippen LogP contribution in [-0.2, 0) is 14.3 Å². The predicted molar refractivity (Wildman–Crippen MR) is 99.0 cm³/mol. The Kier molecular flexibility index (Phi) is 5.76. The Labute approximate surface area is 157 Å². The number of carbonyl (C=O) groups is 2. The molecule has 0 unspecified atom stereocenters. The van der Waals surface area contributed by atoms with Crippen molar-refractivity contribution in [2.75, 3.05) is 13.7 Å². The first-order valence-electron chi connectivity index (χ1n) is 8.63. The highest BCUT2D eigenvalue weighted by Gasteiger charge is 2.41. The second-order valence-corrected chi connectivity index (χ2v) is 6.16. The largest absolute Gasteiger partial charge is 0.495 e. The first-order chi connectivity index (χ1) is 13.1. The molecular weight excluding hydrogens is 346 g/mol. The van der Waals surface area contributed by atoms with Gasteiger partial charge in [-0.1, -0.05) is 60.7 Å². The molecule has 0 radical (unpaired) electrons. The maximum Gasteiger partial charge on any atom is 0.417 e. The molecule has 1 fully saturated rings. The number of methoxy groups -OCH3 is 1. The third kappa shape index (κ3) is 4.11. The average molecular weight is 367 g/mol. The highest BCUT2D eigenvalue weighted by molar-refractivity contribution is 5.74. The average Bonchev–Trinajstić information content (AvgIpc) is 3.09. The van der Waals surface area contributed by atoms with Crippen LogP contribution in [0.1, 0.15) is 23.5 Å². The lowest BCUT2D eigenvalue weighted by Crippen LogP contribution is -2.38. The fourth-order valence-electron chi connectivity index (χ4n) is 3.26. The van der Waals surface area contributed by atoms with E-state index in [1.54, 1.807) is 0 Å². The molecule has 0 bridgehead atoms. The minimum atomic E-state index is -0.643. The quantitative estimate of drug-likeness (QED) is 0.624. The molecule has 1 N–H and O–H groups in total. The molecule has 6 nitrogen and oxygen atoms in total. The Morgan fingerprint density at radius 3 is 2.26 bits per heavy atom. The van der Waals surface area contributed by atoms with Crippen LogP contribution < -0.4 is 0 Å². The molecule has 0 aliphatic carbocycles. The SMILES string of the molecule is COC(=O)C/C=C(/O)N1C(=O)OC[C@H]1C(c1ccccc1)c1ccccc1. The van der Waals surface area contributed by atoms with Crippen LogP contribution in [0.25, 0.3) is 0 Å². The number of hydrogen-bond acceptors (Lipinski definition) is 5. The van der Waals surface area contributed by atoms with E-state index < -0.39 is 18.1 Å². The van der Waals surface area contributed by atoms with Gasteiger partial charge in [-0.15, -0.1) is 0 Å². The standard InChI is InChI=1S/C21H21NO5/c1-26-19(24)13-12-18(23)22-17(14-27-21(22)25)20(15-8-4-2-5-9-15)16-10-6-3-7-11-16/h2-12,17,20,23H,13-14H2,1H3/b18-12+/t17-/m0/s1. The van der Waals surface area contributed by atoms with E-state index in [4.69, 9.17) is 4.74 Å². The highest BCUT2D eigenvalue weighted by Crippen LogP contribution is 2.35. The monoisotopic (exact) mass is 367 g/mol. The number of aliphatic hydroxyl groups excluding tert-OH is 1. The number of hydrogen-bond donors (Lipinski definition) is 1. The van der Waals surface area contributed by atoms with Crippen molar-refractivity contribution in [2.45, 2.75) is 18.4 Å². The first kappa shape index (κ1) is 18.5. The molecule has 1 amide bonds. The Balaban J connectivity index is 1.98. The van der Waals surface area contributed by atoms with Crippen molar-refractivity contribution in [3.05, 3.63) is 83.7 Å². The van der Waals surface area contributed by atoms with Crippen molar-refractivity contribution in [3.8, 4) is 0 Å². The molecule has 1 atom stereocenters. The normalized spacial score (nSPS) is 17.1. The van der Waals surface area contributed by atoms with Gasteiger partial charge < -0.3 is 14.6 Å². The van der Waals surface area contributed by atoms with E-state index in [0.717, 1.165) is 11.1 Å². The molecule has 140 valence electrons. The minimum Gasteiger partial charge on any atom is -0.495 e. The lowest BCUT2D eigenvalue weighted by atomic mass is 9.85. The van der Waals surface area contributed by atoms with Crippen molar-refractivity contribution in [1.29, 1.82) is 0 Å². The predicted octanol–water partition coefficient (Wildman–Crippen LogP) is 3.60. The molecule has 3 rings (SSSR count). The van der Waals surface area contributed by atoms with E-state index in [1.807, 2.05) is 60.7 Å². The molecule has 1 aliphatic heterocycles. The van der Waals surface area contributed by atoms with Crippen molar-refractivity contribution in [2.24, 2.45) is 0 Å². The van der Waals surface area contributed by atoms with E-state index in [9.17, 15) is 14.7 Å². The van der Waals surface area contributed by atoms with E-state index >= 15 is 0 Å². The van der Waals surface area contributed by atoms with E-state index in [0.29, 0.717) is 0 Å². The van der Waals surface area contributed by atoms with Crippen LogP contribution in [0.5, 0.6) is 0 Å². The summed E-state index contributed by atoms with van der Waals surface area (Å²) in [4.78, 5) is 24.9. The van der Waals surface area contributed by atoms with Gasteiger partial charge in [-0.3, -0.25) is 4.79 Å². The number of cyclic esters (lactones) is 1. The van der Waals surface area contributed by atoms with E-state index in [2.05, 4.69) is 4.74 Å². The van der Waals surface area contributed by atoms with Crippen LogP contribution in [0.2, 0.25) is 0 Å². The zero-order chi connectivity index (χ0) is 19.2. The fourth-order valence-corrected chi connectivity index (χ4v) is 3.26. The lowest BCUT2D eigenvalue weighted by Gasteiger charge is -2.29. The zero-order valence-electron chi connectivity index (χ0n) is 14.9. The van der Waals surface area contributed by atoms with Gasteiger partial charge in [0.2, 0.25) is 0 Å². The van der Waals surface area contributed by atoms with Gasteiger partial charge in [0.25, 0.3) is 0 Å². The summed E-state index contributed by atoms with van der Waals surface area (Å²) in [6.07, 6.45) is 0.481. The third-order valence-corrected chi connectivity index (χ3v) is 4.53. The molecule has 2 aromatic carbocycles. The Hall–Kier alpha value is -3.28. The van der Waals surface area contributed by atoms with Crippen LogP contribution in [0.4, 0.5) is 4.79 Å². The Morgan fingerprint density at radius 1 is 1.19 bits per heavy atom. The van der Waals surface area contributed by atoms with Crippen molar-refractivity contribution < 1.29 is 24.2 Å². The number of amides is 1. The Morgan fingerprint density at radius 2 is 1.74 bits per heavy atom. The van der Waals surface area contributed by atoms with E-state index in [1.165, 1.54) is 18.1 Å². The molecular formula is C21H21NO5. The summed E-state index contributed by atoms with van der Waals surface area (Å²) in [5.74, 6) is -1.02. The summed E-state index contributed by atoms with van der Waals surface area (Å²) in [7, 11) is 1.26. The summed E-state index contributed by atoms with van der Waals surface area (Å²) in [6, 6.07) is 19.0. The summed E-state index contributed by atoms with van der Waals surface area (Å²) >= 11 is 0. The fraction of sp³-hybridized carbons (Fsp3) is 0.238. The number of esters is 1. The first-order valence-corrected chi connectivity index (χ1v) is 8.63.